The van der Waals surface area contributed by atoms with Crippen LogP contribution in [0, 0.1) is 0 Å². The van der Waals surface area contributed by atoms with Gasteiger partial charge >= 0.3 is 5.97 Å². The minimum atomic E-state index is -0.471. The van der Waals surface area contributed by atoms with Gasteiger partial charge in [-0.05, 0) is 22.9 Å². The first-order valence-corrected chi connectivity index (χ1v) is 5.39. The van der Waals surface area contributed by atoms with Crippen molar-refractivity contribution in [1.29, 1.82) is 0 Å². The molecule has 2 aromatic rings. The predicted octanol–water partition coefficient (Wildman–Crippen LogP) is 1.25. The van der Waals surface area contributed by atoms with Gasteiger partial charge in [-0.1, -0.05) is 0 Å². The number of nitrogen functional groups attached to an aromatic ring is 1. The number of rotatable bonds is 2. The van der Waals surface area contributed by atoms with Gasteiger partial charge in [0.1, 0.15) is 4.60 Å². The summed E-state index contributed by atoms with van der Waals surface area (Å²) in [6.45, 7) is 2.05. The standard InChI is InChI=1S/C9H9BrN4O2/c1-2-16-9(15)5-3-14-4-6(10)13-7(11)8(14)12-5/h3-4H,2H2,1H3,(H2,11,13). The molecule has 0 saturated carbocycles. The molecule has 2 heterocycles. The van der Waals surface area contributed by atoms with Gasteiger partial charge in [0, 0.05) is 12.4 Å². The number of hydrogen-bond acceptors (Lipinski definition) is 5. The van der Waals surface area contributed by atoms with Crippen LogP contribution in [0.15, 0.2) is 17.0 Å². The molecule has 0 aliphatic rings. The molecule has 0 aliphatic carbocycles. The van der Waals surface area contributed by atoms with E-state index >= 15 is 0 Å². The van der Waals surface area contributed by atoms with E-state index in [2.05, 4.69) is 25.9 Å². The Balaban J connectivity index is 2.51. The predicted molar refractivity (Wildman–Crippen MR) is 61.1 cm³/mol. The summed E-state index contributed by atoms with van der Waals surface area (Å²) in [6, 6.07) is 0. The van der Waals surface area contributed by atoms with Gasteiger partial charge in [0.2, 0.25) is 0 Å². The van der Waals surface area contributed by atoms with E-state index in [4.69, 9.17) is 10.5 Å². The number of ether oxygens (including phenoxy) is 1. The highest BCUT2D eigenvalue weighted by molar-refractivity contribution is 9.10. The van der Waals surface area contributed by atoms with E-state index in [-0.39, 0.29) is 11.5 Å². The first kappa shape index (κ1) is 10.9. The lowest BCUT2D eigenvalue weighted by Gasteiger charge is -1.96. The second-order valence-corrected chi connectivity index (χ2v) is 3.84. The van der Waals surface area contributed by atoms with Crippen LogP contribution in [0.3, 0.4) is 0 Å². The first-order chi connectivity index (χ1) is 7.61. The minimum Gasteiger partial charge on any atom is -0.461 e. The van der Waals surface area contributed by atoms with Gasteiger partial charge in [0.25, 0.3) is 0 Å². The SMILES string of the molecule is CCOC(=O)c1cn2cc(Br)nc(N)c2n1. The van der Waals surface area contributed by atoms with Crippen LogP contribution in [0.1, 0.15) is 17.4 Å². The normalized spacial score (nSPS) is 10.6. The Morgan fingerprint density at radius 2 is 2.31 bits per heavy atom. The van der Waals surface area contributed by atoms with E-state index in [1.54, 1.807) is 23.7 Å². The van der Waals surface area contributed by atoms with Crippen LogP contribution in [-0.2, 0) is 4.74 Å². The second-order valence-electron chi connectivity index (χ2n) is 3.03. The van der Waals surface area contributed by atoms with Crippen molar-refractivity contribution in [2.45, 2.75) is 6.92 Å². The number of fused-ring (bicyclic) bond motifs is 1. The smallest absolute Gasteiger partial charge is 0.358 e. The third kappa shape index (κ3) is 1.85. The lowest BCUT2D eigenvalue weighted by atomic mass is 10.5. The number of carbonyl (C=O) groups excluding carboxylic acids is 1. The Morgan fingerprint density at radius 1 is 1.56 bits per heavy atom. The summed E-state index contributed by atoms with van der Waals surface area (Å²) in [6.07, 6.45) is 3.22. The highest BCUT2D eigenvalue weighted by Crippen LogP contribution is 2.15. The molecule has 0 fully saturated rings. The van der Waals surface area contributed by atoms with Gasteiger partial charge in [-0.3, -0.25) is 0 Å². The van der Waals surface area contributed by atoms with Crippen LogP contribution >= 0.6 is 15.9 Å². The van der Waals surface area contributed by atoms with Crippen LogP contribution in [0.5, 0.6) is 0 Å². The Hall–Kier alpha value is -1.63. The average molecular weight is 285 g/mol. The molecule has 2 aromatic heterocycles. The molecule has 6 nitrogen and oxygen atoms in total. The lowest BCUT2D eigenvalue weighted by Crippen LogP contribution is -2.04. The minimum absolute atomic E-state index is 0.216. The van der Waals surface area contributed by atoms with Crippen molar-refractivity contribution in [2.75, 3.05) is 12.3 Å². The summed E-state index contributed by atoms with van der Waals surface area (Å²) < 4.78 is 7.04. The molecule has 0 saturated heterocycles. The number of aromatic nitrogens is 3. The van der Waals surface area contributed by atoms with Crippen LogP contribution < -0.4 is 5.73 Å². The molecule has 0 aromatic carbocycles. The molecular formula is C9H9BrN4O2. The summed E-state index contributed by atoms with van der Waals surface area (Å²) in [5, 5.41) is 0. The van der Waals surface area contributed by atoms with Crippen LogP contribution in [0.4, 0.5) is 5.82 Å². The van der Waals surface area contributed by atoms with E-state index in [0.29, 0.717) is 16.9 Å². The van der Waals surface area contributed by atoms with E-state index < -0.39 is 5.97 Å². The van der Waals surface area contributed by atoms with E-state index in [9.17, 15) is 4.79 Å². The Labute approximate surface area is 99.6 Å². The molecule has 16 heavy (non-hydrogen) atoms. The van der Waals surface area contributed by atoms with Crippen molar-refractivity contribution in [1.82, 2.24) is 14.4 Å². The van der Waals surface area contributed by atoms with Crippen LogP contribution in [-0.4, -0.2) is 26.9 Å². The summed E-state index contributed by atoms with van der Waals surface area (Å²) in [5.41, 5.74) is 6.32. The summed E-state index contributed by atoms with van der Waals surface area (Å²) in [4.78, 5) is 19.5. The number of carbonyl (C=O) groups is 1. The zero-order valence-electron chi connectivity index (χ0n) is 8.48. The fourth-order valence-corrected chi connectivity index (χ4v) is 1.71. The first-order valence-electron chi connectivity index (χ1n) is 4.59. The fraction of sp³-hybridized carbons (Fsp3) is 0.222. The molecule has 2 rings (SSSR count). The van der Waals surface area contributed by atoms with E-state index in [1.807, 2.05) is 0 Å². The van der Waals surface area contributed by atoms with Gasteiger partial charge in [0.05, 0.1) is 6.61 Å². The molecule has 0 spiro atoms. The van der Waals surface area contributed by atoms with Crippen molar-refractivity contribution in [3.05, 3.63) is 22.7 Å². The van der Waals surface area contributed by atoms with E-state index in [1.165, 1.54) is 0 Å². The Bertz CT molecular complexity index is 552. The molecule has 2 N–H and O–H groups in total. The second kappa shape index (κ2) is 4.09. The highest BCUT2D eigenvalue weighted by Gasteiger charge is 2.13. The number of imidazole rings is 1. The third-order valence-electron chi connectivity index (χ3n) is 1.92. The average Bonchev–Trinajstić information content (AvgIpc) is 2.62. The number of halogens is 1. The number of hydrogen-bond donors (Lipinski definition) is 1. The molecule has 0 bridgehead atoms. The molecule has 0 aliphatic heterocycles. The van der Waals surface area contributed by atoms with Gasteiger partial charge < -0.3 is 14.9 Å². The maximum Gasteiger partial charge on any atom is 0.358 e. The lowest BCUT2D eigenvalue weighted by molar-refractivity contribution is 0.0520. The van der Waals surface area contributed by atoms with Crippen LogP contribution in [0.25, 0.3) is 5.65 Å². The van der Waals surface area contributed by atoms with Crippen molar-refractivity contribution < 1.29 is 9.53 Å². The van der Waals surface area contributed by atoms with Gasteiger partial charge in [-0.25, -0.2) is 14.8 Å². The summed E-state index contributed by atoms with van der Waals surface area (Å²) >= 11 is 3.20. The molecule has 84 valence electrons. The maximum absolute atomic E-state index is 11.4. The van der Waals surface area contributed by atoms with Crippen molar-refractivity contribution >= 4 is 33.4 Å². The zero-order chi connectivity index (χ0) is 11.7. The fourth-order valence-electron chi connectivity index (χ4n) is 1.29. The highest BCUT2D eigenvalue weighted by atomic mass is 79.9. The summed E-state index contributed by atoms with van der Waals surface area (Å²) in [5.74, 6) is -0.216. The molecule has 0 unspecified atom stereocenters. The topological polar surface area (TPSA) is 82.5 Å². The third-order valence-corrected chi connectivity index (χ3v) is 2.30. The van der Waals surface area contributed by atoms with Crippen molar-refractivity contribution in [3.63, 3.8) is 0 Å². The van der Waals surface area contributed by atoms with Crippen molar-refractivity contribution in [2.24, 2.45) is 0 Å². The number of nitrogens with zero attached hydrogens (tertiary/aromatic N) is 3. The largest absolute Gasteiger partial charge is 0.461 e. The summed E-state index contributed by atoms with van der Waals surface area (Å²) in [7, 11) is 0. The Kier molecular flexibility index (Phi) is 2.78. The van der Waals surface area contributed by atoms with E-state index in [0.717, 1.165) is 0 Å². The number of esters is 1. The quantitative estimate of drug-likeness (QED) is 0.840. The van der Waals surface area contributed by atoms with Gasteiger partial charge in [-0.2, -0.15) is 0 Å². The number of nitrogens with two attached hydrogens (primary N) is 1. The van der Waals surface area contributed by atoms with Gasteiger partial charge in [0.15, 0.2) is 17.2 Å². The number of anilines is 1. The zero-order valence-corrected chi connectivity index (χ0v) is 10.1. The monoisotopic (exact) mass is 284 g/mol. The maximum atomic E-state index is 11.4. The molecule has 0 atom stereocenters. The van der Waals surface area contributed by atoms with Crippen LogP contribution in [0.2, 0.25) is 0 Å². The molecule has 0 amide bonds. The van der Waals surface area contributed by atoms with Crippen molar-refractivity contribution in [3.8, 4) is 0 Å². The molecular weight excluding hydrogens is 276 g/mol. The Morgan fingerprint density at radius 3 is 3.00 bits per heavy atom. The molecule has 7 heteroatoms. The van der Waals surface area contributed by atoms with Gasteiger partial charge in [-0.15, -0.1) is 0 Å². The molecule has 0 radical (unpaired) electrons.